The number of likely N-dealkylation sites (tertiary alicyclic amines) is 1. The molecule has 5 nitrogen and oxygen atoms in total. The van der Waals surface area contributed by atoms with Crippen LogP contribution in [0.3, 0.4) is 0 Å². The molecule has 0 saturated carbocycles. The molecule has 0 aliphatic carbocycles. The van der Waals surface area contributed by atoms with Crippen molar-refractivity contribution >= 4 is 40.8 Å². The Labute approximate surface area is 152 Å². The monoisotopic (exact) mass is 373 g/mol. The second-order valence-electron chi connectivity index (χ2n) is 6.02. The molecule has 24 heavy (non-hydrogen) atoms. The first-order valence-corrected chi connectivity index (χ1v) is 8.95. The molecule has 1 amide bonds. The van der Waals surface area contributed by atoms with Gasteiger partial charge in [0.25, 0.3) is 5.91 Å². The molecule has 0 bridgehead atoms. The third-order valence-corrected chi connectivity index (χ3v) is 4.99. The van der Waals surface area contributed by atoms with E-state index in [0.29, 0.717) is 22.3 Å². The molecule has 1 atom stereocenters. The van der Waals surface area contributed by atoms with E-state index >= 15 is 0 Å². The SMILES string of the molecule is CCOC(=O)C1CC[NH+]([C@@H](C)C(=O)Nc2ccc(Cl)cc2Cl)CC1. The normalized spacial score (nSPS) is 21.8. The van der Waals surface area contributed by atoms with Crippen molar-refractivity contribution in [1.82, 2.24) is 0 Å². The lowest BCUT2D eigenvalue weighted by Crippen LogP contribution is -3.17. The second-order valence-corrected chi connectivity index (χ2v) is 6.86. The summed E-state index contributed by atoms with van der Waals surface area (Å²) >= 11 is 12.0. The van der Waals surface area contributed by atoms with Crippen LogP contribution in [0.25, 0.3) is 0 Å². The number of quaternary nitrogens is 1. The molecule has 1 heterocycles. The lowest BCUT2D eigenvalue weighted by Gasteiger charge is -2.31. The maximum absolute atomic E-state index is 12.5. The Morgan fingerprint density at radius 3 is 2.58 bits per heavy atom. The Hall–Kier alpha value is -1.30. The average molecular weight is 374 g/mol. The van der Waals surface area contributed by atoms with Gasteiger partial charge in [-0.2, -0.15) is 0 Å². The fraction of sp³-hybridized carbons (Fsp3) is 0.529. The van der Waals surface area contributed by atoms with Crippen molar-refractivity contribution in [1.29, 1.82) is 0 Å². The highest BCUT2D eigenvalue weighted by Gasteiger charge is 2.33. The number of piperidine rings is 1. The highest BCUT2D eigenvalue weighted by molar-refractivity contribution is 6.36. The Balaban J connectivity index is 1.89. The molecule has 2 rings (SSSR count). The van der Waals surface area contributed by atoms with Gasteiger partial charge in [-0.05, 0) is 32.0 Å². The number of halogens is 2. The lowest BCUT2D eigenvalue weighted by atomic mass is 9.96. The quantitative estimate of drug-likeness (QED) is 0.777. The van der Waals surface area contributed by atoms with Gasteiger partial charge in [0.2, 0.25) is 0 Å². The number of rotatable bonds is 5. The van der Waals surface area contributed by atoms with Gasteiger partial charge in [0, 0.05) is 17.9 Å². The van der Waals surface area contributed by atoms with Crippen LogP contribution in [0.1, 0.15) is 26.7 Å². The second kappa shape index (κ2) is 8.70. The van der Waals surface area contributed by atoms with Crippen LogP contribution in [0.4, 0.5) is 5.69 Å². The summed E-state index contributed by atoms with van der Waals surface area (Å²) < 4.78 is 5.07. The van der Waals surface area contributed by atoms with Crippen LogP contribution in [-0.2, 0) is 14.3 Å². The fourth-order valence-electron chi connectivity index (χ4n) is 2.93. The van der Waals surface area contributed by atoms with Gasteiger partial charge >= 0.3 is 5.97 Å². The minimum Gasteiger partial charge on any atom is -0.466 e. The molecule has 1 fully saturated rings. The molecule has 1 aromatic carbocycles. The van der Waals surface area contributed by atoms with Crippen molar-refractivity contribution in [2.75, 3.05) is 25.0 Å². The Bertz CT molecular complexity index is 601. The molecule has 0 radical (unpaired) electrons. The van der Waals surface area contributed by atoms with Crippen LogP contribution >= 0.6 is 23.2 Å². The number of amides is 1. The number of esters is 1. The minimum absolute atomic E-state index is 0.0466. The molecule has 0 unspecified atom stereocenters. The molecule has 0 aromatic heterocycles. The van der Waals surface area contributed by atoms with Crippen LogP contribution in [0.5, 0.6) is 0 Å². The third kappa shape index (κ3) is 4.85. The first-order valence-electron chi connectivity index (χ1n) is 8.19. The van der Waals surface area contributed by atoms with E-state index in [0.717, 1.165) is 30.8 Å². The Kier molecular flexibility index (Phi) is 6.90. The number of ether oxygens (including phenoxy) is 1. The number of nitrogens with one attached hydrogen (secondary N) is 2. The van der Waals surface area contributed by atoms with Gasteiger partial charge in [-0.15, -0.1) is 0 Å². The molecule has 132 valence electrons. The highest BCUT2D eigenvalue weighted by Crippen LogP contribution is 2.25. The smallest absolute Gasteiger partial charge is 0.309 e. The summed E-state index contributed by atoms with van der Waals surface area (Å²) in [6.07, 6.45) is 1.49. The van der Waals surface area contributed by atoms with Crippen molar-refractivity contribution in [2.45, 2.75) is 32.7 Å². The van der Waals surface area contributed by atoms with Gasteiger partial charge < -0.3 is 15.0 Å². The minimum atomic E-state index is -0.222. The van der Waals surface area contributed by atoms with Crippen LogP contribution in [0.15, 0.2) is 18.2 Å². The van der Waals surface area contributed by atoms with E-state index in [1.807, 2.05) is 13.8 Å². The van der Waals surface area contributed by atoms with E-state index in [1.165, 1.54) is 0 Å². The van der Waals surface area contributed by atoms with Gasteiger partial charge in [0.15, 0.2) is 6.04 Å². The van der Waals surface area contributed by atoms with Gasteiger partial charge in [0.1, 0.15) is 0 Å². The summed E-state index contributed by atoms with van der Waals surface area (Å²) in [4.78, 5) is 25.4. The summed E-state index contributed by atoms with van der Waals surface area (Å²) in [7, 11) is 0. The van der Waals surface area contributed by atoms with Gasteiger partial charge in [-0.25, -0.2) is 0 Å². The maximum Gasteiger partial charge on any atom is 0.309 e. The van der Waals surface area contributed by atoms with E-state index in [4.69, 9.17) is 27.9 Å². The average Bonchev–Trinajstić information content (AvgIpc) is 2.57. The largest absolute Gasteiger partial charge is 0.466 e. The maximum atomic E-state index is 12.5. The number of hydrogen-bond acceptors (Lipinski definition) is 3. The molecule has 1 aliphatic heterocycles. The van der Waals surface area contributed by atoms with Crippen LogP contribution < -0.4 is 10.2 Å². The first kappa shape index (κ1) is 19.0. The lowest BCUT2D eigenvalue weighted by molar-refractivity contribution is -0.919. The summed E-state index contributed by atoms with van der Waals surface area (Å²) in [6, 6.07) is 4.75. The van der Waals surface area contributed by atoms with Crippen LogP contribution in [0, 0.1) is 5.92 Å². The Morgan fingerprint density at radius 1 is 1.33 bits per heavy atom. The van der Waals surface area contributed by atoms with E-state index in [9.17, 15) is 9.59 Å². The van der Waals surface area contributed by atoms with Crippen molar-refractivity contribution in [3.05, 3.63) is 28.2 Å². The number of hydrogen-bond donors (Lipinski definition) is 2. The fourth-order valence-corrected chi connectivity index (χ4v) is 3.39. The summed E-state index contributed by atoms with van der Waals surface area (Å²) in [5, 5.41) is 3.79. The zero-order chi connectivity index (χ0) is 17.7. The van der Waals surface area contributed by atoms with Crippen molar-refractivity contribution in [3.8, 4) is 0 Å². The molecule has 1 aliphatic rings. The molecular weight excluding hydrogens is 351 g/mol. The number of carbonyl (C=O) groups is 2. The topological polar surface area (TPSA) is 59.8 Å². The van der Waals surface area contributed by atoms with Crippen molar-refractivity contribution < 1.29 is 19.2 Å². The van der Waals surface area contributed by atoms with E-state index in [2.05, 4.69) is 5.32 Å². The van der Waals surface area contributed by atoms with Crippen LogP contribution in [-0.4, -0.2) is 37.6 Å². The van der Waals surface area contributed by atoms with Crippen molar-refractivity contribution in [2.24, 2.45) is 5.92 Å². The molecular formula is C17H23Cl2N2O3+. The standard InChI is InChI=1S/C17H22Cl2N2O3/c1-3-24-17(23)12-6-8-21(9-7-12)11(2)16(22)20-15-5-4-13(18)10-14(15)19/h4-5,10-12H,3,6-9H2,1-2H3,(H,20,22)/p+1/t11-/m0/s1. The number of carbonyl (C=O) groups excluding carboxylic acids is 2. The zero-order valence-corrected chi connectivity index (χ0v) is 15.4. The predicted octanol–water partition coefficient (Wildman–Crippen LogP) is 2.18. The number of benzene rings is 1. The van der Waals surface area contributed by atoms with Gasteiger partial charge in [0.05, 0.1) is 36.3 Å². The predicted molar refractivity (Wildman–Crippen MR) is 94.6 cm³/mol. The molecule has 7 heteroatoms. The van der Waals surface area contributed by atoms with E-state index in [1.54, 1.807) is 18.2 Å². The first-order chi connectivity index (χ1) is 11.4. The van der Waals surface area contributed by atoms with Crippen molar-refractivity contribution in [3.63, 3.8) is 0 Å². The summed E-state index contributed by atoms with van der Waals surface area (Å²) in [6.45, 7) is 5.65. The van der Waals surface area contributed by atoms with E-state index < -0.39 is 0 Å². The molecule has 1 saturated heterocycles. The zero-order valence-electron chi connectivity index (χ0n) is 13.9. The summed E-state index contributed by atoms with van der Waals surface area (Å²) in [5.74, 6) is -0.264. The number of anilines is 1. The molecule has 0 spiro atoms. The van der Waals surface area contributed by atoms with E-state index in [-0.39, 0.29) is 23.8 Å². The molecule has 1 aromatic rings. The van der Waals surface area contributed by atoms with Crippen LogP contribution in [0.2, 0.25) is 10.0 Å². The van der Waals surface area contributed by atoms with Gasteiger partial charge in [-0.3, -0.25) is 9.59 Å². The van der Waals surface area contributed by atoms with Gasteiger partial charge in [-0.1, -0.05) is 23.2 Å². The summed E-state index contributed by atoms with van der Waals surface area (Å²) in [5.41, 5.74) is 0.554. The molecule has 2 N–H and O–H groups in total. The third-order valence-electron chi connectivity index (χ3n) is 4.44. The highest BCUT2D eigenvalue weighted by atomic mass is 35.5. The Morgan fingerprint density at radius 2 is 2.00 bits per heavy atom.